The van der Waals surface area contributed by atoms with E-state index in [2.05, 4.69) is 53.4 Å². The average molecular weight is 983 g/mol. The lowest BCUT2D eigenvalue weighted by Gasteiger charge is -2.19. The van der Waals surface area contributed by atoms with Gasteiger partial charge in [-0.1, -0.05) is 65.7 Å². The number of methoxy groups -OCH3 is 1. The zero-order valence-corrected chi connectivity index (χ0v) is 40.9. The van der Waals surface area contributed by atoms with Gasteiger partial charge in [-0.3, -0.25) is 19.6 Å². The maximum atomic E-state index is 11.7. The number of nitrogens with one attached hydrogen (secondary N) is 1. The topological polar surface area (TPSA) is 186 Å². The summed E-state index contributed by atoms with van der Waals surface area (Å²) in [6.45, 7) is 7.19. The van der Waals surface area contributed by atoms with Gasteiger partial charge in [-0.2, -0.15) is 10.5 Å². The van der Waals surface area contributed by atoms with Crippen molar-refractivity contribution in [2.75, 3.05) is 13.7 Å². The highest BCUT2D eigenvalue weighted by Crippen LogP contribution is 2.38. The Morgan fingerprint density at radius 3 is 1.74 bits per heavy atom. The highest BCUT2D eigenvalue weighted by atomic mass is 35.5. The van der Waals surface area contributed by atoms with Crippen molar-refractivity contribution < 1.29 is 38.4 Å². The quantitative estimate of drug-likeness (QED) is 0.0332. The van der Waals surface area contributed by atoms with Crippen LogP contribution in [0.4, 0.5) is 0 Å². The van der Waals surface area contributed by atoms with Gasteiger partial charge < -0.3 is 34.1 Å². The minimum absolute atomic E-state index is 0.0386. The van der Waals surface area contributed by atoms with Gasteiger partial charge in [0.25, 0.3) is 0 Å². The van der Waals surface area contributed by atoms with Crippen LogP contribution in [-0.4, -0.2) is 46.6 Å². The lowest BCUT2D eigenvalue weighted by atomic mass is 9.92. The number of aryl methyl sites for hydroxylation is 1. The summed E-state index contributed by atoms with van der Waals surface area (Å²) in [5.74, 6) is 1.39. The van der Waals surface area contributed by atoms with Crippen LogP contribution in [0.3, 0.4) is 0 Å². The fourth-order valence-electron chi connectivity index (χ4n) is 7.55. The van der Waals surface area contributed by atoms with Crippen molar-refractivity contribution in [2.24, 2.45) is 0 Å². The minimum Gasteiger partial charge on any atom is -0.488 e. The van der Waals surface area contributed by atoms with E-state index in [0.29, 0.717) is 82.1 Å². The zero-order chi connectivity index (χ0) is 50.0. The minimum atomic E-state index is -0.848. The molecular formula is C55H53Cl2N5O8. The van der Waals surface area contributed by atoms with Gasteiger partial charge in [0.05, 0.1) is 40.8 Å². The predicted molar refractivity (Wildman–Crippen MR) is 267 cm³/mol. The lowest BCUT2D eigenvalue weighted by Crippen LogP contribution is -2.14. The Balaban J connectivity index is 1.18. The van der Waals surface area contributed by atoms with Crippen molar-refractivity contribution in [2.45, 2.75) is 85.5 Å². The van der Waals surface area contributed by atoms with Crippen molar-refractivity contribution in [3.63, 3.8) is 0 Å². The Hall–Kier alpha value is -7.26. The van der Waals surface area contributed by atoms with E-state index >= 15 is 0 Å². The molecule has 1 unspecified atom stereocenters. The van der Waals surface area contributed by atoms with Gasteiger partial charge in [-0.25, -0.2) is 0 Å². The Morgan fingerprint density at radius 2 is 1.23 bits per heavy atom. The molecule has 0 fully saturated rings. The van der Waals surface area contributed by atoms with Gasteiger partial charge in [0.1, 0.15) is 61.6 Å². The molecule has 0 saturated heterocycles. The third-order valence-electron chi connectivity index (χ3n) is 11.4. The number of aromatic nitrogens is 2. The largest absolute Gasteiger partial charge is 0.488 e. The molecule has 1 atom stereocenters. The predicted octanol–water partition coefficient (Wildman–Crippen LogP) is 10.6. The third kappa shape index (κ3) is 14.9. The smallest absolute Gasteiger partial charge is 0.308 e. The summed E-state index contributed by atoms with van der Waals surface area (Å²) in [6, 6.07) is 26.9. The molecule has 6 aromatic rings. The van der Waals surface area contributed by atoms with Crippen LogP contribution in [-0.2, 0) is 53.7 Å². The molecule has 360 valence electrons. The number of pyridine rings is 2. The standard InChI is InChI=1S/C55H53Cl2N5O8/c1-35(63)9-8-16-60-30-45-20-50(57)54(23-52(45)68-32-41-18-39(25-59)27-62-29-41)70-34-44-12-7-15-48(37(44)3)47-14-6-11-43(36(47)2)33-69-53-22-51(67-31-40-17-38(24-58)26-61-28-40)42(19-49(53)56)10-5-13-46(64)21-55(65)66-4/h6-9,11-12,14-15,17-20,22-23,26-29,46,60,64H,5,10,13,16,21,30-34H2,1-4H3/b9-8-. The number of nitrogens with zero attached hydrogens (tertiary/aromatic N) is 4. The Labute approximate surface area is 418 Å². The third-order valence-corrected chi connectivity index (χ3v) is 11.9. The number of rotatable bonds is 24. The van der Waals surface area contributed by atoms with Crippen LogP contribution in [0, 0.1) is 36.5 Å². The molecule has 70 heavy (non-hydrogen) atoms. The van der Waals surface area contributed by atoms with Crippen molar-refractivity contribution in [3.8, 4) is 46.3 Å². The van der Waals surface area contributed by atoms with Gasteiger partial charge >= 0.3 is 5.97 Å². The number of esters is 1. The fraction of sp³-hybridized carbons (Fsp3) is 0.273. The van der Waals surface area contributed by atoms with Gasteiger partial charge in [0.15, 0.2) is 5.78 Å². The summed E-state index contributed by atoms with van der Waals surface area (Å²) in [4.78, 5) is 31.3. The maximum Gasteiger partial charge on any atom is 0.308 e. The van der Waals surface area contributed by atoms with Crippen LogP contribution in [0.15, 0.2) is 110 Å². The molecule has 2 N–H and O–H groups in total. The van der Waals surface area contributed by atoms with Gasteiger partial charge in [0.2, 0.25) is 0 Å². The number of aliphatic hydroxyl groups is 1. The molecule has 6 rings (SSSR count). The molecule has 0 aliphatic heterocycles. The number of allylic oxidation sites excluding steroid dienone is 1. The van der Waals surface area contributed by atoms with E-state index in [4.69, 9.17) is 46.9 Å². The van der Waals surface area contributed by atoms with Crippen LogP contribution in [0.1, 0.15) is 81.8 Å². The van der Waals surface area contributed by atoms with E-state index in [1.165, 1.54) is 32.5 Å². The first kappa shape index (κ1) is 52.1. The number of halogens is 2. The number of carbonyl (C=O) groups is 2. The average Bonchev–Trinajstić information content (AvgIpc) is 3.35. The molecule has 0 amide bonds. The Morgan fingerprint density at radius 1 is 0.714 bits per heavy atom. The fourth-order valence-corrected chi connectivity index (χ4v) is 8.03. The molecule has 0 spiro atoms. The monoisotopic (exact) mass is 981 g/mol. The molecule has 0 aliphatic rings. The van der Waals surface area contributed by atoms with Gasteiger partial charge in [-0.15, -0.1) is 0 Å². The SMILES string of the molecule is COC(=O)CC(O)CCCc1cc(Cl)c(OCc2cccc(-c3cccc(COc4cc(OCc5cncc(C#N)c5)c(CNC/C=C\C(C)=O)cc4Cl)c3C)c2C)cc1OCc1cncc(C#N)c1. The van der Waals surface area contributed by atoms with Gasteiger partial charge in [0, 0.05) is 66.7 Å². The number of carbonyl (C=O) groups excluding carboxylic acids is 2. The van der Waals surface area contributed by atoms with E-state index in [1.54, 1.807) is 54.9 Å². The summed E-state index contributed by atoms with van der Waals surface area (Å²) in [5, 5.41) is 33.2. The number of hydrogen-bond acceptors (Lipinski definition) is 13. The molecule has 2 aromatic heterocycles. The van der Waals surface area contributed by atoms with Crippen molar-refractivity contribution >= 4 is 35.0 Å². The number of benzene rings is 4. The summed E-state index contributed by atoms with van der Waals surface area (Å²) in [6.07, 6.45) is 10.00. The lowest BCUT2D eigenvalue weighted by molar-refractivity contribution is -0.142. The number of ether oxygens (including phenoxy) is 5. The molecular weight excluding hydrogens is 930 g/mol. The summed E-state index contributed by atoms with van der Waals surface area (Å²) >= 11 is 13.7. The van der Waals surface area contributed by atoms with E-state index < -0.39 is 12.1 Å². The first-order valence-electron chi connectivity index (χ1n) is 22.5. The number of nitriles is 2. The van der Waals surface area contributed by atoms with E-state index in [9.17, 15) is 25.2 Å². The van der Waals surface area contributed by atoms with E-state index in [-0.39, 0.29) is 38.6 Å². The number of ketones is 1. The second-order valence-corrected chi connectivity index (χ2v) is 17.3. The van der Waals surface area contributed by atoms with Crippen LogP contribution >= 0.6 is 23.2 Å². The Bertz CT molecular complexity index is 2930. The van der Waals surface area contributed by atoms with Crippen molar-refractivity contribution in [1.29, 1.82) is 10.5 Å². The maximum absolute atomic E-state index is 11.7. The highest BCUT2D eigenvalue weighted by Gasteiger charge is 2.18. The molecule has 0 saturated carbocycles. The summed E-state index contributed by atoms with van der Waals surface area (Å²) in [7, 11) is 1.29. The molecule has 15 heteroatoms. The second-order valence-electron chi connectivity index (χ2n) is 16.5. The van der Waals surface area contributed by atoms with Crippen molar-refractivity contribution in [1.82, 2.24) is 15.3 Å². The second kappa shape index (κ2) is 25.9. The van der Waals surface area contributed by atoms with E-state index in [0.717, 1.165) is 50.1 Å². The molecule has 4 aromatic carbocycles. The zero-order valence-electron chi connectivity index (χ0n) is 39.4. The first-order valence-corrected chi connectivity index (χ1v) is 23.2. The number of aliphatic hydroxyl groups excluding tert-OH is 1. The normalized spacial score (nSPS) is 11.4. The van der Waals surface area contributed by atoms with Crippen LogP contribution < -0.4 is 24.3 Å². The van der Waals surface area contributed by atoms with Gasteiger partial charge in [-0.05, 0) is 109 Å². The highest BCUT2D eigenvalue weighted by molar-refractivity contribution is 6.32. The Kier molecular flexibility index (Phi) is 19.3. The van der Waals surface area contributed by atoms with Crippen LogP contribution in [0.5, 0.6) is 23.0 Å². The van der Waals surface area contributed by atoms with Crippen LogP contribution in [0.2, 0.25) is 10.0 Å². The molecule has 2 heterocycles. The molecule has 0 radical (unpaired) electrons. The van der Waals surface area contributed by atoms with Crippen LogP contribution in [0.25, 0.3) is 11.1 Å². The molecule has 0 bridgehead atoms. The number of hydrogen-bond donors (Lipinski definition) is 2. The van der Waals surface area contributed by atoms with Crippen molar-refractivity contribution in [3.05, 3.63) is 175 Å². The first-order chi connectivity index (χ1) is 33.8. The molecule has 13 nitrogen and oxygen atoms in total. The van der Waals surface area contributed by atoms with E-state index in [1.807, 2.05) is 24.3 Å². The molecule has 0 aliphatic carbocycles. The summed E-state index contributed by atoms with van der Waals surface area (Å²) < 4.78 is 30.1. The summed E-state index contributed by atoms with van der Waals surface area (Å²) in [5.41, 5.74) is 9.83.